The van der Waals surface area contributed by atoms with Gasteiger partial charge in [0.2, 0.25) is 5.91 Å². The van der Waals surface area contributed by atoms with Crippen LogP contribution in [0.1, 0.15) is 0 Å². The topological polar surface area (TPSA) is 115 Å². The van der Waals surface area contributed by atoms with E-state index in [1.807, 2.05) is 0 Å². The first kappa shape index (κ1) is 12.3. The Balaban J connectivity index is 3.10. The fourth-order valence-electron chi connectivity index (χ4n) is 1.20. The Morgan fingerprint density at radius 3 is 2.56 bits per heavy atom. The number of primary amides is 1. The smallest absolute Gasteiger partial charge is 0.236 e. The molecule has 16 heavy (non-hydrogen) atoms. The molecular formula is C9H13N3O3S. The quantitative estimate of drug-likeness (QED) is 0.620. The van der Waals surface area contributed by atoms with Gasteiger partial charge in [0.1, 0.15) is 0 Å². The lowest BCUT2D eigenvalue weighted by molar-refractivity contribution is -0.116. The number of nitrogens with one attached hydrogen (secondary N) is 1. The highest BCUT2D eigenvalue weighted by molar-refractivity contribution is 7.90. The molecule has 0 radical (unpaired) electrons. The maximum absolute atomic E-state index is 11.3. The number of nitrogen functional groups attached to an aromatic ring is 1. The van der Waals surface area contributed by atoms with Gasteiger partial charge in [0, 0.05) is 6.26 Å². The van der Waals surface area contributed by atoms with Crippen molar-refractivity contribution in [2.45, 2.75) is 4.90 Å². The second-order valence-electron chi connectivity index (χ2n) is 3.31. The molecule has 0 heterocycles. The van der Waals surface area contributed by atoms with Crippen LogP contribution in [0.2, 0.25) is 0 Å². The van der Waals surface area contributed by atoms with Crippen molar-refractivity contribution in [3.05, 3.63) is 18.2 Å². The zero-order chi connectivity index (χ0) is 12.3. The van der Waals surface area contributed by atoms with Gasteiger partial charge in [-0.3, -0.25) is 4.79 Å². The second kappa shape index (κ2) is 4.40. The highest BCUT2D eigenvalue weighted by Gasteiger charge is 2.13. The van der Waals surface area contributed by atoms with Crippen molar-refractivity contribution in [3.63, 3.8) is 0 Å². The van der Waals surface area contributed by atoms with Crippen LogP contribution in [0.3, 0.4) is 0 Å². The molecule has 0 aliphatic carbocycles. The lowest BCUT2D eigenvalue weighted by atomic mass is 10.2. The number of rotatable bonds is 4. The van der Waals surface area contributed by atoms with Crippen molar-refractivity contribution >= 4 is 27.1 Å². The molecule has 6 nitrogen and oxygen atoms in total. The number of sulfone groups is 1. The molecular weight excluding hydrogens is 230 g/mol. The first-order valence-electron chi connectivity index (χ1n) is 4.43. The van der Waals surface area contributed by atoms with Gasteiger partial charge >= 0.3 is 0 Å². The Morgan fingerprint density at radius 2 is 2.06 bits per heavy atom. The van der Waals surface area contributed by atoms with Gasteiger partial charge in [0.25, 0.3) is 0 Å². The zero-order valence-corrected chi connectivity index (χ0v) is 9.54. The third-order valence-electron chi connectivity index (χ3n) is 1.92. The fraction of sp³-hybridized carbons (Fsp3) is 0.222. The van der Waals surface area contributed by atoms with E-state index >= 15 is 0 Å². The van der Waals surface area contributed by atoms with Gasteiger partial charge in [-0.25, -0.2) is 8.42 Å². The highest BCUT2D eigenvalue weighted by Crippen LogP contribution is 2.26. The van der Waals surface area contributed by atoms with Crippen LogP contribution in [-0.2, 0) is 14.6 Å². The van der Waals surface area contributed by atoms with E-state index in [0.29, 0.717) is 5.69 Å². The minimum atomic E-state index is -3.38. The van der Waals surface area contributed by atoms with Gasteiger partial charge in [-0.15, -0.1) is 0 Å². The summed E-state index contributed by atoms with van der Waals surface area (Å²) in [6, 6.07) is 4.52. The molecule has 0 aliphatic rings. The SMILES string of the molecule is CS(=O)(=O)c1cccc(NCC(N)=O)c1N. The average molecular weight is 243 g/mol. The summed E-state index contributed by atoms with van der Waals surface area (Å²) in [5.41, 5.74) is 11.1. The van der Waals surface area contributed by atoms with Gasteiger partial charge in [-0.05, 0) is 12.1 Å². The maximum Gasteiger partial charge on any atom is 0.236 e. The molecule has 1 rings (SSSR count). The molecule has 0 bridgehead atoms. The monoisotopic (exact) mass is 243 g/mol. The Morgan fingerprint density at radius 1 is 1.44 bits per heavy atom. The maximum atomic E-state index is 11.3. The van der Waals surface area contributed by atoms with Crippen molar-refractivity contribution in [3.8, 4) is 0 Å². The Bertz CT molecular complexity index is 511. The van der Waals surface area contributed by atoms with E-state index in [1.165, 1.54) is 12.1 Å². The number of anilines is 2. The summed E-state index contributed by atoms with van der Waals surface area (Å²) < 4.78 is 22.7. The molecule has 7 heteroatoms. The second-order valence-corrected chi connectivity index (χ2v) is 5.29. The Hall–Kier alpha value is -1.76. The summed E-state index contributed by atoms with van der Waals surface area (Å²) in [7, 11) is -3.38. The first-order chi connectivity index (χ1) is 7.32. The summed E-state index contributed by atoms with van der Waals surface area (Å²) in [6.45, 7) is -0.0998. The molecule has 0 aliphatic heterocycles. The molecule has 0 atom stereocenters. The number of hydrogen-bond donors (Lipinski definition) is 3. The van der Waals surface area contributed by atoms with E-state index in [9.17, 15) is 13.2 Å². The van der Waals surface area contributed by atoms with Crippen LogP contribution in [0.25, 0.3) is 0 Å². The number of benzene rings is 1. The van der Waals surface area contributed by atoms with Gasteiger partial charge in [0.15, 0.2) is 9.84 Å². The number of carbonyl (C=O) groups is 1. The largest absolute Gasteiger partial charge is 0.396 e. The third-order valence-corrected chi connectivity index (χ3v) is 3.07. The highest BCUT2D eigenvalue weighted by atomic mass is 32.2. The summed E-state index contributed by atoms with van der Waals surface area (Å²) >= 11 is 0. The van der Waals surface area contributed by atoms with Gasteiger partial charge in [-0.1, -0.05) is 6.07 Å². The molecule has 0 fully saturated rings. The van der Waals surface area contributed by atoms with Gasteiger partial charge in [-0.2, -0.15) is 0 Å². The van der Waals surface area contributed by atoms with E-state index in [2.05, 4.69) is 5.32 Å². The van der Waals surface area contributed by atoms with Crippen molar-refractivity contribution in [2.24, 2.45) is 5.73 Å². The van der Waals surface area contributed by atoms with Crippen LogP contribution in [0.5, 0.6) is 0 Å². The van der Waals surface area contributed by atoms with Crippen LogP contribution in [0.15, 0.2) is 23.1 Å². The van der Waals surface area contributed by atoms with Gasteiger partial charge < -0.3 is 16.8 Å². The molecule has 88 valence electrons. The van der Waals surface area contributed by atoms with E-state index in [4.69, 9.17) is 11.5 Å². The summed E-state index contributed by atoms with van der Waals surface area (Å²) in [6.07, 6.45) is 1.07. The standard InChI is InChI=1S/C9H13N3O3S/c1-16(14,15)7-4-2-3-6(9(7)11)12-5-8(10)13/h2-4,12H,5,11H2,1H3,(H2,10,13). The normalized spacial score (nSPS) is 11.1. The predicted octanol–water partition coefficient (Wildman–Crippen LogP) is -0.430. The van der Waals surface area contributed by atoms with E-state index in [0.717, 1.165) is 6.26 Å². The van der Waals surface area contributed by atoms with Crippen molar-refractivity contribution in [1.29, 1.82) is 0 Å². The summed E-state index contributed by atoms with van der Waals surface area (Å²) in [5.74, 6) is -0.552. The summed E-state index contributed by atoms with van der Waals surface area (Å²) in [4.78, 5) is 10.6. The van der Waals surface area contributed by atoms with E-state index in [-0.39, 0.29) is 17.1 Å². The number of amides is 1. The lowest BCUT2D eigenvalue weighted by Gasteiger charge is -2.10. The van der Waals surface area contributed by atoms with Crippen molar-refractivity contribution < 1.29 is 13.2 Å². The minimum absolute atomic E-state index is 0.0296. The van der Waals surface area contributed by atoms with Crippen molar-refractivity contribution in [1.82, 2.24) is 0 Å². The van der Waals surface area contributed by atoms with E-state index < -0.39 is 15.7 Å². The Labute approximate surface area is 93.5 Å². The van der Waals surface area contributed by atoms with Crippen LogP contribution >= 0.6 is 0 Å². The minimum Gasteiger partial charge on any atom is -0.396 e. The molecule has 0 saturated heterocycles. The lowest BCUT2D eigenvalue weighted by Crippen LogP contribution is -2.22. The zero-order valence-electron chi connectivity index (χ0n) is 8.73. The molecule has 5 N–H and O–H groups in total. The predicted molar refractivity (Wildman–Crippen MR) is 61.6 cm³/mol. The Kier molecular flexibility index (Phi) is 3.38. The van der Waals surface area contributed by atoms with E-state index in [1.54, 1.807) is 6.07 Å². The molecule has 0 spiro atoms. The van der Waals surface area contributed by atoms with Crippen molar-refractivity contribution in [2.75, 3.05) is 23.9 Å². The van der Waals surface area contributed by atoms with Gasteiger partial charge in [0.05, 0.1) is 22.8 Å². The number of carbonyl (C=O) groups excluding carboxylic acids is 1. The van der Waals surface area contributed by atoms with Crippen LogP contribution in [0.4, 0.5) is 11.4 Å². The fourth-order valence-corrected chi connectivity index (χ4v) is 2.04. The summed E-state index contributed by atoms with van der Waals surface area (Å²) in [5, 5.41) is 2.66. The number of nitrogens with two attached hydrogens (primary N) is 2. The molecule has 1 amide bonds. The molecule has 0 saturated carbocycles. The van der Waals surface area contributed by atoms with Crippen LogP contribution < -0.4 is 16.8 Å². The third kappa shape index (κ3) is 2.86. The first-order valence-corrected chi connectivity index (χ1v) is 6.32. The molecule has 0 unspecified atom stereocenters. The number of para-hydroxylation sites is 1. The molecule has 1 aromatic rings. The molecule has 1 aromatic carbocycles. The van der Waals surface area contributed by atoms with Crippen LogP contribution in [0, 0.1) is 0 Å². The average Bonchev–Trinajstić information content (AvgIpc) is 2.14. The molecule has 0 aromatic heterocycles. The van der Waals surface area contributed by atoms with Crippen LogP contribution in [-0.4, -0.2) is 27.1 Å². The number of hydrogen-bond acceptors (Lipinski definition) is 5.